The first-order chi connectivity index (χ1) is 8.13. The van der Waals surface area contributed by atoms with Crippen molar-refractivity contribution in [2.75, 3.05) is 7.11 Å². The van der Waals surface area contributed by atoms with Crippen LogP contribution in [-0.2, 0) is 14.9 Å². The number of ether oxygens (including phenoxy) is 1. The molecule has 1 aromatic rings. The predicted octanol–water partition coefficient (Wildman–Crippen LogP) is 2.09. The van der Waals surface area contributed by atoms with Crippen molar-refractivity contribution in [2.45, 2.75) is 25.2 Å². The van der Waals surface area contributed by atoms with Gasteiger partial charge in [0.2, 0.25) is 0 Å². The van der Waals surface area contributed by atoms with Crippen LogP contribution < -0.4 is 0 Å². The Bertz CT molecular complexity index is 481. The van der Waals surface area contributed by atoms with Crippen molar-refractivity contribution in [1.29, 1.82) is 0 Å². The molecule has 1 aliphatic carbocycles. The van der Waals surface area contributed by atoms with E-state index in [-0.39, 0.29) is 5.97 Å². The Kier molecular flexibility index (Phi) is 2.88. The number of rotatable bonds is 1. The number of hydrogen-bond acceptors (Lipinski definition) is 4. The maximum atomic E-state index is 11.9. The smallest absolute Gasteiger partial charge is 0.316 e. The van der Waals surface area contributed by atoms with Crippen LogP contribution in [0.3, 0.4) is 0 Å². The van der Waals surface area contributed by atoms with E-state index in [1.165, 1.54) is 7.11 Å². The molecule has 0 saturated heterocycles. The molecule has 0 fully saturated rings. The number of methoxy groups -OCH3 is 1. The van der Waals surface area contributed by atoms with Crippen LogP contribution in [0.15, 0.2) is 29.4 Å². The van der Waals surface area contributed by atoms with Gasteiger partial charge in [-0.1, -0.05) is 29.4 Å². The fourth-order valence-corrected chi connectivity index (χ4v) is 2.39. The van der Waals surface area contributed by atoms with E-state index in [4.69, 9.17) is 9.94 Å². The summed E-state index contributed by atoms with van der Waals surface area (Å²) in [5, 5.41) is 12.3. The Balaban J connectivity index is 2.59. The molecule has 0 unspecified atom stereocenters. The summed E-state index contributed by atoms with van der Waals surface area (Å²) in [5.74, 6) is -0.248. The highest BCUT2D eigenvalue weighted by Gasteiger charge is 2.41. The zero-order chi connectivity index (χ0) is 12.5. The number of fused-ring (bicyclic) bond motifs is 1. The molecule has 0 saturated carbocycles. The van der Waals surface area contributed by atoms with Crippen LogP contribution in [0.5, 0.6) is 0 Å². The van der Waals surface area contributed by atoms with Gasteiger partial charge in [-0.3, -0.25) is 4.79 Å². The molecular formula is C13H15NO3. The highest BCUT2D eigenvalue weighted by atomic mass is 16.5. The number of carbonyl (C=O) groups excluding carboxylic acids is 1. The molecule has 1 atom stereocenters. The van der Waals surface area contributed by atoms with Crippen molar-refractivity contribution in [2.24, 2.45) is 5.16 Å². The topological polar surface area (TPSA) is 58.9 Å². The Hall–Kier alpha value is -1.84. The molecule has 2 rings (SSSR count). The summed E-state index contributed by atoms with van der Waals surface area (Å²) in [7, 11) is 1.39. The van der Waals surface area contributed by atoms with Crippen LogP contribution in [0.4, 0.5) is 0 Å². The first-order valence-corrected chi connectivity index (χ1v) is 5.52. The first-order valence-electron chi connectivity index (χ1n) is 5.52. The molecular weight excluding hydrogens is 218 g/mol. The Morgan fingerprint density at radius 3 is 2.82 bits per heavy atom. The minimum Gasteiger partial charge on any atom is -0.468 e. The third-order valence-electron chi connectivity index (χ3n) is 3.45. The fourth-order valence-electron chi connectivity index (χ4n) is 2.39. The molecule has 0 radical (unpaired) electrons. The lowest BCUT2D eigenvalue weighted by Crippen LogP contribution is -2.39. The van der Waals surface area contributed by atoms with Gasteiger partial charge in [-0.2, -0.15) is 0 Å². The first kappa shape index (κ1) is 11.6. The van der Waals surface area contributed by atoms with Gasteiger partial charge in [0.05, 0.1) is 18.2 Å². The van der Waals surface area contributed by atoms with Gasteiger partial charge in [0.1, 0.15) is 0 Å². The second-order valence-electron chi connectivity index (χ2n) is 4.42. The highest BCUT2D eigenvalue weighted by Crippen LogP contribution is 2.38. The van der Waals surface area contributed by atoms with Crippen molar-refractivity contribution in [3.63, 3.8) is 0 Å². The van der Waals surface area contributed by atoms with E-state index in [1.54, 1.807) is 0 Å². The standard InChI is InChI=1S/C13H15NO3/c1-13(12(15)17-2)8-7-11(14-16)9-5-3-4-6-10(9)13/h3-6,16H,7-8H2,1-2H3/b14-11+/t13-/m0/s1. The van der Waals surface area contributed by atoms with Gasteiger partial charge < -0.3 is 9.94 Å². The molecule has 0 heterocycles. The van der Waals surface area contributed by atoms with E-state index in [2.05, 4.69) is 5.16 Å². The summed E-state index contributed by atoms with van der Waals surface area (Å²) in [6.07, 6.45) is 1.16. The monoisotopic (exact) mass is 233 g/mol. The number of esters is 1. The van der Waals surface area contributed by atoms with E-state index < -0.39 is 5.41 Å². The predicted molar refractivity (Wildman–Crippen MR) is 63.4 cm³/mol. The van der Waals surface area contributed by atoms with Gasteiger partial charge in [-0.25, -0.2) is 0 Å². The van der Waals surface area contributed by atoms with Crippen LogP contribution in [0, 0.1) is 0 Å². The van der Waals surface area contributed by atoms with E-state index in [0.717, 1.165) is 11.1 Å². The summed E-state index contributed by atoms with van der Waals surface area (Å²) in [6, 6.07) is 7.49. The van der Waals surface area contributed by atoms with Crippen LogP contribution in [0.1, 0.15) is 30.9 Å². The molecule has 0 aliphatic heterocycles. The number of hydrogen-bond donors (Lipinski definition) is 1. The Morgan fingerprint density at radius 2 is 2.18 bits per heavy atom. The Morgan fingerprint density at radius 1 is 1.47 bits per heavy atom. The minimum absolute atomic E-state index is 0.248. The summed E-state index contributed by atoms with van der Waals surface area (Å²) in [5.41, 5.74) is 1.67. The van der Waals surface area contributed by atoms with E-state index >= 15 is 0 Å². The molecule has 4 nitrogen and oxygen atoms in total. The van der Waals surface area contributed by atoms with E-state index in [1.807, 2.05) is 31.2 Å². The van der Waals surface area contributed by atoms with Crippen LogP contribution in [0.25, 0.3) is 0 Å². The summed E-state index contributed by atoms with van der Waals surface area (Å²) < 4.78 is 4.88. The SMILES string of the molecule is COC(=O)[C@@]1(C)CC/C(=N\O)c2ccccc21. The minimum atomic E-state index is -0.653. The number of nitrogens with zero attached hydrogens (tertiary/aromatic N) is 1. The maximum Gasteiger partial charge on any atom is 0.316 e. The van der Waals surface area contributed by atoms with E-state index in [0.29, 0.717) is 18.6 Å². The third kappa shape index (κ3) is 1.69. The fraction of sp³-hybridized carbons (Fsp3) is 0.385. The average molecular weight is 233 g/mol. The zero-order valence-electron chi connectivity index (χ0n) is 9.93. The summed E-state index contributed by atoms with van der Waals surface area (Å²) >= 11 is 0. The number of carbonyl (C=O) groups is 1. The Labute approximate surface area is 99.9 Å². The average Bonchev–Trinajstić information content (AvgIpc) is 2.38. The summed E-state index contributed by atoms with van der Waals surface area (Å²) in [4.78, 5) is 11.9. The molecule has 0 aromatic heterocycles. The van der Waals surface area contributed by atoms with Gasteiger partial charge in [-0.15, -0.1) is 0 Å². The van der Waals surface area contributed by atoms with Crippen LogP contribution in [0.2, 0.25) is 0 Å². The largest absolute Gasteiger partial charge is 0.468 e. The van der Waals surface area contributed by atoms with Gasteiger partial charge in [0.15, 0.2) is 0 Å². The second kappa shape index (κ2) is 4.20. The van der Waals surface area contributed by atoms with Crippen molar-refractivity contribution >= 4 is 11.7 Å². The van der Waals surface area contributed by atoms with Gasteiger partial charge >= 0.3 is 5.97 Å². The van der Waals surface area contributed by atoms with Crippen molar-refractivity contribution in [3.8, 4) is 0 Å². The van der Waals surface area contributed by atoms with Crippen LogP contribution >= 0.6 is 0 Å². The van der Waals surface area contributed by atoms with Crippen molar-refractivity contribution in [1.82, 2.24) is 0 Å². The normalized spacial score (nSPS) is 25.4. The molecule has 0 bridgehead atoms. The summed E-state index contributed by atoms with van der Waals surface area (Å²) in [6.45, 7) is 1.87. The lowest BCUT2D eigenvalue weighted by Gasteiger charge is -2.33. The van der Waals surface area contributed by atoms with E-state index in [9.17, 15) is 4.79 Å². The molecule has 0 spiro atoms. The molecule has 90 valence electrons. The van der Waals surface area contributed by atoms with Crippen molar-refractivity contribution < 1.29 is 14.7 Å². The number of oxime groups is 1. The quantitative estimate of drug-likeness (QED) is 0.459. The molecule has 1 aromatic carbocycles. The van der Waals surface area contributed by atoms with Crippen molar-refractivity contribution in [3.05, 3.63) is 35.4 Å². The molecule has 4 heteroatoms. The zero-order valence-corrected chi connectivity index (χ0v) is 9.93. The molecule has 1 aliphatic rings. The lowest BCUT2D eigenvalue weighted by atomic mass is 9.70. The number of benzene rings is 1. The third-order valence-corrected chi connectivity index (χ3v) is 3.45. The molecule has 0 amide bonds. The highest BCUT2D eigenvalue weighted by molar-refractivity contribution is 6.05. The lowest BCUT2D eigenvalue weighted by molar-refractivity contribution is -0.147. The molecule has 1 N–H and O–H groups in total. The van der Waals surface area contributed by atoms with Gasteiger partial charge in [0.25, 0.3) is 0 Å². The maximum absolute atomic E-state index is 11.9. The molecule has 17 heavy (non-hydrogen) atoms. The van der Waals surface area contributed by atoms with Gasteiger partial charge in [0, 0.05) is 5.56 Å². The second-order valence-corrected chi connectivity index (χ2v) is 4.42. The van der Waals surface area contributed by atoms with Crippen LogP contribution in [-0.4, -0.2) is 24.0 Å². The van der Waals surface area contributed by atoms with Gasteiger partial charge in [-0.05, 0) is 25.3 Å².